The number of fused-ring (bicyclic) bond motifs is 6. The van der Waals surface area contributed by atoms with Crippen molar-refractivity contribution in [3.63, 3.8) is 0 Å². The molecule has 0 aliphatic heterocycles. The largest absolute Gasteiger partial charge is 0.0716 e. The maximum atomic E-state index is 2.92. The zero-order chi connectivity index (χ0) is 18.7. The molecular weight excluding hydrogens is 352 g/mol. The third kappa shape index (κ3) is 3.03. The van der Waals surface area contributed by atoms with Crippen molar-refractivity contribution < 1.29 is 0 Å². The van der Waals surface area contributed by atoms with Gasteiger partial charge in [0.25, 0.3) is 0 Å². The van der Waals surface area contributed by atoms with Crippen molar-refractivity contribution in [2.24, 2.45) is 47.3 Å². The summed E-state index contributed by atoms with van der Waals surface area (Å²) in [5.74, 6) is 9.44. The van der Waals surface area contributed by atoms with Crippen molar-refractivity contribution in [2.75, 3.05) is 0 Å². The van der Waals surface area contributed by atoms with Gasteiger partial charge in [0.05, 0.1) is 0 Å². The number of hydrogen-bond acceptors (Lipinski definition) is 0. The maximum Gasteiger partial charge on any atom is 0.0405 e. The van der Waals surface area contributed by atoms with E-state index in [4.69, 9.17) is 0 Å². The van der Waals surface area contributed by atoms with Gasteiger partial charge < -0.3 is 0 Å². The average molecular weight is 399 g/mol. The quantitative estimate of drug-likeness (QED) is 0.416. The summed E-state index contributed by atoms with van der Waals surface area (Å²) in [4.78, 5) is 0. The Morgan fingerprint density at radius 3 is 1.32 bits per heavy atom. The van der Waals surface area contributed by atoms with Crippen molar-refractivity contribution >= 4 is 8.80 Å². The highest BCUT2D eigenvalue weighted by molar-refractivity contribution is 6.61. The van der Waals surface area contributed by atoms with Crippen LogP contribution in [0.3, 0.4) is 0 Å². The third-order valence-electron chi connectivity index (χ3n) is 11.9. The fraction of sp³-hybridized carbons (Fsp3) is 1.00. The molecule has 1 heteroatoms. The molecule has 10 atom stereocenters. The summed E-state index contributed by atoms with van der Waals surface area (Å²) in [7, 11) is -0.646. The predicted octanol–water partition coefficient (Wildman–Crippen LogP) is 7.84. The van der Waals surface area contributed by atoms with Gasteiger partial charge in [0.15, 0.2) is 0 Å². The van der Waals surface area contributed by atoms with Crippen LogP contribution in [-0.4, -0.2) is 8.80 Å². The molecule has 6 rings (SSSR count). The Kier molecular flexibility index (Phi) is 5.22. The van der Waals surface area contributed by atoms with Gasteiger partial charge in [-0.2, -0.15) is 0 Å². The second-order valence-electron chi connectivity index (χ2n) is 12.6. The lowest BCUT2D eigenvalue weighted by molar-refractivity contribution is 0.0605. The molecule has 6 saturated carbocycles. The van der Waals surface area contributed by atoms with Crippen molar-refractivity contribution in [1.82, 2.24) is 0 Å². The first kappa shape index (κ1) is 18.9. The van der Waals surface area contributed by atoms with E-state index in [1.807, 2.05) is 0 Å². The summed E-state index contributed by atoms with van der Waals surface area (Å²) in [5, 5.41) is 0. The van der Waals surface area contributed by atoms with Gasteiger partial charge in [0.1, 0.15) is 0 Å². The number of rotatable bonds is 2. The molecule has 0 radical (unpaired) electrons. The van der Waals surface area contributed by atoms with Gasteiger partial charge in [-0.15, -0.1) is 0 Å². The number of hydrogen-bond donors (Lipinski definition) is 0. The summed E-state index contributed by atoms with van der Waals surface area (Å²) in [5.41, 5.74) is 2.50. The van der Waals surface area contributed by atoms with Gasteiger partial charge >= 0.3 is 0 Å². The third-order valence-corrected chi connectivity index (χ3v) is 16.1. The summed E-state index contributed by atoms with van der Waals surface area (Å²) in [6.45, 7) is 2.92. The topological polar surface area (TPSA) is 0 Å². The zero-order valence-electron chi connectivity index (χ0n) is 18.7. The average Bonchev–Trinajstić information content (AvgIpc) is 3.42. The zero-order valence-corrected chi connectivity index (χ0v) is 19.8. The Balaban J connectivity index is 1.25. The van der Waals surface area contributed by atoms with Crippen LogP contribution in [0.5, 0.6) is 0 Å². The molecule has 0 nitrogen and oxygen atoms in total. The Labute approximate surface area is 176 Å². The molecule has 10 unspecified atom stereocenters. The Bertz CT molecular complexity index is 508. The Morgan fingerprint density at radius 2 is 0.821 bits per heavy atom. The molecule has 0 aromatic rings. The van der Waals surface area contributed by atoms with Crippen molar-refractivity contribution in [1.29, 1.82) is 0 Å². The van der Waals surface area contributed by atoms with Crippen LogP contribution in [0.15, 0.2) is 0 Å². The Hall–Kier alpha value is 0.217. The highest BCUT2D eigenvalue weighted by Gasteiger charge is 2.53. The second-order valence-corrected chi connectivity index (χ2v) is 16.0. The van der Waals surface area contributed by atoms with Crippen LogP contribution in [0.1, 0.15) is 103 Å². The first-order valence-corrected chi connectivity index (χ1v) is 16.3. The van der Waals surface area contributed by atoms with Crippen LogP contribution < -0.4 is 0 Å². The summed E-state index contributed by atoms with van der Waals surface area (Å²) in [6, 6.07) is 0. The lowest BCUT2D eigenvalue weighted by Crippen LogP contribution is -2.47. The van der Waals surface area contributed by atoms with Gasteiger partial charge in [-0.05, 0) is 97.0 Å². The van der Waals surface area contributed by atoms with Crippen molar-refractivity contribution in [3.05, 3.63) is 0 Å². The van der Waals surface area contributed by atoms with E-state index < -0.39 is 8.80 Å². The van der Waals surface area contributed by atoms with E-state index in [9.17, 15) is 0 Å². The molecule has 0 bridgehead atoms. The van der Waals surface area contributed by atoms with E-state index in [-0.39, 0.29) is 0 Å². The fourth-order valence-corrected chi connectivity index (χ4v) is 15.6. The minimum absolute atomic E-state index is 0.646. The molecule has 0 amide bonds. The lowest BCUT2D eigenvalue weighted by Gasteiger charge is -2.54. The molecule has 6 aliphatic carbocycles. The molecule has 0 aromatic carbocycles. The standard InChI is InChI=1S/C27H46Si/c1-28(26-16-18-8-2-4-10-20(18)22-12-6-14-24(22)26)27-17-19-9-3-5-11-21(19)23-13-7-15-25(23)27/h18-28H,2-17H2,1H3. The molecule has 0 spiro atoms. The molecule has 6 fully saturated rings. The monoisotopic (exact) mass is 398 g/mol. The second kappa shape index (κ2) is 7.72. The van der Waals surface area contributed by atoms with Gasteiger partial charge in [0.2, 0.25) is 0 Å². The normalized spacial score (nSPS) is 54.3. The SMILES string of the molecule is C[SiH](C1CC2CCCCC2C2CCCC21)C1CC2CCCCC2C2CCCC21. The van der Waals surface area contributed by atoms with Crippen molar-refractivity contribution in [2.45, 2.75) is 120 Å². The van der Waals surface area contributed by atoms with Gasteiger partial charge in [-0.1, -0.05) is 70.8 Å². The van der Waals surface area contributed by atoms with Crippen molar-refractivity contribution in [3.8, 4) is 0 Å². The molecule has 0 N–H and O–H groups in total. The van der Waals surface area contributed by atoms with E-state index >= 15 is 0 Å². The first-order valence-electron chi connectivity index (χ1n) is 13.8. The predicted molar refractivity (Wildman–Crippen MR) is 122 cm³/mol. The minimum atomic E-state index is -0.646. The van der Waals surface area contributed by atoms with Crippen LogP contribution in [0, 0.1) is 47.3 Å². The minimum Gasteiger partial charge on any atom is -0.0716 e. The van der Waals surface area contributed by atoms with E-state index in [0.717, 1.165) is 0 Å². The van der Waals surface area contributed by atoms with E-state index in [0.29, 0.717) is 0 Å². The van der Waals surface area contributed by atoms with Crippen LogP contribution in [0.4, 0.5) is 0 Å². The maximum absolute atomic E-state index is 2.92. The summed E-state index contributed by atoms with van der Waals surface area (Å²) < 4.78 is 0. The lowest BCUT2D eigenvalue weighted by atomic mass is 9.62. The van der Waals surface area contributed by atoms with Gasteiger partial charge in [-0.25, -0.2) is 0 Å². The first-order chi connectivity index (χ1) is 13.8. The highest BCUT2D eigenvalue weighted by atomic mass is 28.3. The van der Waals surface area contributed by atoms with E-state index in [2.05, 4.69) is 6.55 Å². The van der Waals surface area contributed by atoms with Crippen LogP contribution in [0.2, 0.25) is 17.6 Å². The van der Waals surface area contributed by atoms with Crippen LogP contribution >= 0.6 is 0 Å². The molecule has 158 valence electrons. The Morgan fingerprint density at radius 1 is 0.429 bits per heavy atom. The van der Waals surface area contributed by atoms with E-state index in [1.165, 1.54) is 58.4 Å². The fourth-order valence-electron chi connectivity index (χ4n) is 10.9. The highest BCUT2D eigenvalue weighted by Crippen LogP contribution is 2.63. The molecule has 6 aliphatic rings. The molecule has 0 aromatic heterocycles. The molecule has 28 heavy (non-hydrogen) atoms. The summed E-state index contributed by atoms with van der Waals surface area (Å²) in [6.07, 6.45) is 25.9. The smallest absolute Gasteiger partial charge is 0.0405 e. The van der Waals surface area contributed by atoms with Gasteiger partial charge in [0, 0.05) is 8.80 Å². The molecular formula is C27H46Si. The van der Waals surface area contributed by atoms with Gasteiger partial charge in [-0.3, -0.25) is 0 Å². The van der Waals surface area contributed by atoms with E-state index in [1.54, 1.807) is 103 Å². The van der Waals surface area contributed by atoms with Crippen LogP contribution in [-0.2, 0) is 0 Å². The molecule has 0 heterocycles. The van der Waals surface area contributed by atoms with Crippen LogP contribution in [0.25, 0.3) is 0 Å². The molecule has 0 saturated heterocycles. The summed E-state index contributed by atoms with van der Waals surface area (Å²) >= 11 is 0.